The van der Waals surface area contributed by atoms with Crippen LogP contribution in [0.2, 0.25) is 0 Å². The van der Waals surface area contributed by atoms with Crippen molar-refractivity contribution in [2.75, 3.05) is 26.7 Å². The van der Waals surface area contributed by atoms with Gasteiger partial charge in [-0.3, -0.25) is 4.79 Å². The number of likely N-dealkylation sites (N-methyl/N-ethyl adjacent to an activating group) is 2. The Morgan fingerprint density at radius 3 is 2.50 bits per heavy atom. The van der Waals surface area contributed by atoms with E-state index in [2.05, 4.69) is 17.9 Å². The molecule has 0 aliphatic heterocycles. The Morgan fingerprint density at radius 1 is 1.57 bits per heavy atom. The summed E-state index contributed by atoms with van der Waals surface area (Å²) in [7, 11) is 1.87. The molecule has 0 unspecified atom stereocenters. The number of nitrogens with zero attached hydrogens (tertiary/aromatic N) is 1. The molecule has 84 valence electrons. The standard InChI is InChI=1S/C9H18N2OS.CH4/c1-4-8(13)9(12)11(5-2)7-6-10-3;/h4,10,13H,5-7H2,1-3H3;1H4/b8-4-;. The van der Waals surface area contributed by atoms with E-state index >= 15 is 0 Å². The maximum Gasteiger partial charge on any atom is 0.259 e. The van der Waals surface area contributed by atoms with Gasteiger partial charge >= 0.3 is 0 Å². The molecule has 4 heteroatoms. The third-order valence-corrected chi connectivity index (χ3v) is 2.24. The van der Waals surface area contributed by atoms with E-state index in [9.17, 15) is 4.79 Å². The van der Waals surface area contributed by atoms with Crippen molar-refractivity contribution in [2.45, 2.75) is 21.3 Å². The van der Waals surface area contributed by atoms with E-state index in [1.54, 1.807) is 11.0 Å². The predicted molar refractivity (Wildman–Crippen MR) is 65.7 cm³/mol. The van der Waals surface area contributed by atoms with E-state index in [-0.39, 0.29) is 13.3 Å². The Labute approximate surface area is 93.0 Å². The van der Waals surface area contributed by atoms with E-state index in [1.807, 2.05) is 20.9 Å². The van der Waals surface area contributed by atoms with Crippen molar-refractivity contribution in [3.8, 4) is 0 Å². The molecule has 0 heterocycles. The first-order chi connectivity index (χ1) is 6.17. The molecular weight excluding hydrogens is 196 g/mol. The molecule has 0 rings (SSSR count). The average Bonchev–Trinajstić information content (AvgIpc) is 2.17. The van der Waals surface area contributed by atoms with E-state index in [4.69, 9.17) is 0 Å². The Bertz CT molecular complexity index is 193. The van der Waals surface area contributed by atoms with Crippen molar-refractivity contribution in [3.63, 3.8) is 0 Å². The minimum absolute atomic E-state index is 0. The topological polar surface area (TPSA) is 32.3 Å². The van der Waals surface area contributed by atoms with Gasteiger partial charge in [0, 0.05) is 19.6 Å². The third-order valence-electron chi connectivity index (χ3n) is 1.79. The smallest absolute Gasteiger partial charge is 0.259 e. The normalized spacial score (nSPS) is 10.7. The van der Waals surface area contributed by atoms with Gasteiger partial charge in [0.2, 0.25) is 0 Å². The summed E-state index contributed by atoms with van der Waals surface area (Å²) in [4.78, 5) is 13.8. The van der Waals surface area contributed by atoms with Crippen LogP contribution in [0.1, 0.15) is 21.3 Å². The number of allylic oxidation sites excluding steroid dienone is 1. The van der Waals surface area contributed by atoms with E-state index < -0.39 is 0 Å². The van der Waals surface area contributed by atoms with Crippen molar-refractivity contribution in [1.29, 1.82) is 0 Å². The SMILES string of the molecule is C.C/C=C(\S)C(=O)N(CC)CCNC. The number of nitrogens with one attached hydrogen (secondary N) is 1. The van der Waals surface area contributed by atoms with Gasteiger partial charge in [-0.05, 0) is 20.9 Å². The Balaban J connectivity index is 0. The molecule has 0 spiro atoms. The molecule has 0 atom stereocenters. The highest BCUT2D eigenvalue weighted by Gasteiger charge is 2.12. The molecular formula is C10H22N2OS. The number of carbonyl (C=O) groups excluding carboxylic acids is 1. The third kappa shape index (κ3) is 5.29. The van der Waals surface area contributed by atoms with E-state index in [1.165, 1.54) is 0 Å². The minimum atomic E-state index is 0. The highest BCUT2D eigenvalue weighted by atomic mass is 32.1. The molecule has 0 saturated heterocycles. The molecule has 14 heavy (non-hydrogen) atoms. The fraction of sp³-hybridized carbons (Fsp3) is 0.700. The lowest BCUT2D eigenvalue weighted by Gasteiger charge is -2.20. The van der Waals surface area contributed by atoms with Crippen molar-refractivity contribution in [3.05, 3.63) is 11.0 Å². The lowest BCUT2D eigenvalue weighted by Crippen LogP contribution is -2.36. The summed E-state index contributed by atoms with van der Waals surface area (Å²) in [6.45, 7) is 6.03. The molecule has 0 bridgehead atoms. The highest BCUT2D eigenvalue weighted by molar-refractivity contribution is 7.85. The van der Waals surface area contributed by atoms with Gasteiger partial charge in [-0.25, -0.2) is 0 Å². The summed E-state index contributed by atoms with van der Waals surface area (Å²) >= 11 is 4.09. The average molecular weight is 218 g/mol. The van der Waals surface area contributed by atoms with Gasteiger partial charge in [0.25, 0.3) is 5.91 Å². The summed E-state index contributed by atoms with van der Waals surface area (Å²) in [5, 5.41) is 3.01. The van der Waals surface area contributed by atoms with Crippen LogP contribution in [-0.2, 0) is 4.79 Å². The summed E-state index contributed by atoms with van der Waals surface area (Å²) in [5.41, 5.74) is 0. The molecule has 3 nitrogen and oxygen atoms in total. The molecule has 1 N–H and O–H groups in total. The van der Waals surface area contributed by atoms with Crippen LogP contribution in [0, 0.1) is 0 Å². The fourth-order valence-electron chi connectivity index (χ4n) is 0.936. The Hall–Kier alpha value is -0.480. The lowest BCUT2D eigenvalue weighted by molar-refractivity contribution is -0.126. The van der Waals surface area contributed by atoms with Gasteiger partial charge in [0.1, 0.15) is 0 Å². The molecule has 0 fully saturated rings. The van der Waals surface area contributed by atoms with Crippen LogP contribution in [0.25, 0.3) is 0 Å². The van der Waals surface area contributed by atoms with Crippen LogP contribution in [0.4, 0.5) is 0 Å². The summed E-state index contributed by atoms with van der Waals surface area (Å²) in [6.07, 6.45) is 1.72. The Kier molecular flexibility index (Phi) is 10.4. The molecule has 0 aliphatic rings. The van der Waals surface area contributed by atoms with Crippen LogP contribution in [0.5, 0.6) is 0 Å². The summed E-state index contributed by atoms with van der Waals surface area (Å²) in [5.74, 6) is 0.00332. The molecule has 0 aliphatic carbocycles. The lowest BCUT2D eigenvalue weighted by atomic mass is 10.4. The number of hydrogen-bond acceptors (Lipinski definition) is 3. The number of amides is 1. The predicted octanol–water partition coefficient (Wildman–Crippen LogP) is 1.52. The van der Waals surface area contributed by atoms with Crippen LogP contribution in [0.15, 0.2) is 11.0 Å². The maximum absolute atomic E-state index is 11.6. The monoisotopic (exact) mass is 218 g/mol. The summed E-state index contributed by atoms with van der Waals surface area (Å²) < 4.78 is 0. The number of rotatable bonds is 5. The molecule has 0 aromatic heterocycles. The first kappa shape index (κ1) is 16.0. The minimum Gasteiger partial charge on any atom is -0.337 e. The molecule has 1 amide bonds. The second-order valence-corrected chi connectivity index (χ2v) is 3.14. The largest absolute Gasteiger partial charge is 0.337 e. The highest BCUT2D eigenvalue weighted by Crippen LogP contribution is 2.05. The second kappa shape index (κ2) is 9.09. The second-order valence-electron chi connectivity index (χ2n) is 2.66. The van der Waals surface area contributed by atoms with Gasteiger partial charge < -0.3 is 10.2 Å². The first-order valence-electron chi connectivity index (χ1n) is 4.46. The maximum atomic E-state index is 11.6. The van der Waals surface area contributed by atoms with Crippen LogP contribution < -0.4 is 5.32 Å². The molecule has 0 aromatic carbocycles. The van der Waals surface area contributed by atoms with Gasteiger partial charge in [0.05, 0.1) is 4.91 Å². The van der Waals surface area contributed by atoms with Crippen LogP contribution in [-0.4, -0.2) is 37.5 Å². The summed E-state index contributed by atoms with van der Waals surface area (Å²) in [6, 6.07) is 0. The van der Waals surface area contributed by atoms with Gasteiger partial charge in [-0.1, -0.05) is 13.5 Å². The van der Waals surface area contributed by atoms with Crippen molar-refractivity contribution in [1.82, 2.24) is 10.2 Å². The van der Waals surface area contributed by atoms with Crippen LogP contribution in [0.3, 0.4) is 0 Å². The van der Waals surface area contributed by atoms with E-state index in [0.717, 1.165) is 19.6 Å². The van der Waals surface area contributed by atoms with Gasteiger partial charge in [0.15, 0.2) is 0 Å². The van der Waals surface area contributed by atoms with Crippen molar-refractivity contribution >= 4 is 18.5 Å². The quantitative estimate of drug-likeness (QED) is 0.542. The Morgan fingerprint density at radius 2 is 2.14 bits per heavy atom. The zero-order valence-corrected chi connectivity index (χ0v) is 9.40. The fourth-order valence-corrected chi connectivity index (χ4v) is 1.08. The number of thiol groups is 1. The number of carbonyl (C=O) groups is 1. The van der Waals surface area contributed by atoms with Crippen LogP contribution >= 0.6 is 12.6 Å². The number of hydrogen-bond donors (Lipinski definition) is 2. The molecule has 0 saturated carbocycles. The van der Waals surface area contributed by atoms with Crippen molar-refractivity contribution < 1.29 is 4.79 Å². The zero-order valence-electron chi connectivity index (χ0n) is 8.50. The van der Waals surface area contributed by atoms with Gasteiger partial charge in [-0.2, -0.15) is 0 Å². The first-order valence-corrected chi connectivity index (χ1v) is 4.91. The molecule has 0 aromatic rings. The van der Waals surface area contributed by atoms with E-state index in [0.29, 0.717) is 4.91 Å². The molecule has 0 radical (unpaired) electrons. The van der Waals surface area contributed by atoms with Crippen molar-refractivity contribution in [2.24, 2.45) is 0 Å². The zero-order chi connectivity index (χ0) is 10.3. The van der Waals surface area contributed by atoms with Gasteiger partial charge in [-0.15, -0.1) is 12.6 Å².